The quantitative estimate of drug-likeness (QED) is 0.644. The van der Waals surface area contributed by atoms with E-state index in [1.807, 2.05) is 0 Å². The highest BCUT2D eigenvalue weighted by atomic mass is 16.3. The number of piperidine rings is 1. The Morgan fingerprint density at radius 1 is 1.24 bits per heavy atom. The van der Waals surface area contributed by atoms with Crippen molar-refractivity contribution in [2.45, 2.75) is 57.7 Å². The monoisotopic (exact) mass is 297 g/mol. The molecule has 21 heavy (non-hydrogen) atoms. The minimum atomic E-state index is -0.960. The second-order valence-corrected chi connectivity index (χ2v) is 6.86. The Morgan fingerprint density at radius 3 is 2.38 bits per heavy atom. The first-order valence-electron chi connectivity index (χ1n) is 7.45. The van der Waals surface area contributed by atoms with E-state index >= 15 is 0 Å². The Balaban J connectivity index is 2.01. The predicted octanol–water partition coefficient (Wildman–Crippen LogP) is 0.156. The van der Waals surface area contributed by atoms with E-state index in [1.54, 1.807) is 13.8 Å². The molecule has 0 bridgehead atoms. The molecule has 3 N–H and O–H groups in total. The summed E-state index contributed by atoms with van der Waals surface area (Å²) < 4.78 is 0. The molecule has 0 aromatic carbocycles. The van der Waals surface area contributed by atoms with Crippen LogP contribution in [0.2, 0.25) is 0 Å². The Kier molecular flexibility index (Phi) is 4.49. The molecule has 2 amide bonds. The number of carbonyl (C=O) groups is 3. The van der Waals surface area contributed by atoms with Crippen LogP contribution >= 0.6 is 0 Å². The van der Waals surface area contributed by atoms with E-state index in [2.05, 4.69) is 5.32 Å². The molecule has 6 heteroatoms. The SMILES string of the molecule is C[C@H]1C[C@](C)(O)C[C@H]([C@H](O)CC2CC(=O)NC(=O)C2)C1=O. The predicted molar refractivity (Wildman–Crippen MR) is 74.0 cm³/mol. The first-order valence-corrected chi connectivity index (χ1v) is 7.45. The van der Waals surface area contributed by atoms with Gasteiger partial charge in [-0.05, 0) is 32.1 Å². The number of Topliss-reactive ketones (excluding diaryl/α,β-unsaturated/α-hetero) is 1. The van der Waals surface area contributed by atoms with Crippen molar-refractivity contribution in [2.24, 2.45) is 17.8 Å². The van der Waals surface area contributed by atoms with Gasteiger partial charge in [-0.1, -0.05) is 6.92 Å². The minimum Gasteiger partial charge on any atom is -0.392 e. The molecule has 2 rings (SSSR count). The van der Waals surface area contributed by atoms with Gasteiger partial charge in [-0.2, -0.15) is 0 Å². The smallest absolute Gasteiger partial charge is 0.226 e. The van der Waals surface area contributed by atoms with Crippen LogP contribution < -0.4 is 5.32 Å². The fourth-order valence-corrected chi connectivity index (χ4v) is 3.64. The topological polar surface area (TPSA) is 104 Å². The van der Waals surface area contributed by atoms with Crippen molar-refractivity contribution in [3.8, 4) is 0 Å². The molecular weight excluding hydrogens is 274 g/mol. The number of carbonyl (C=O) groups excluding carboxylic acids is 3. The molecule has 4 atom stereocenters. The molecule has 6 nitrogen and oxygen atoms in total. The highest BCUT2D eigenvalue weighted by Crippen LogP contribution is 2.37. The van der Waals surface area contributed by atoms with Crippen molar-refractivity contribution in [2.75, 3.05) is 0 Å². The summed E-state index contributed by atoms with van der Waals surface area (Å²) in [6, 6.07) is 0. The molecule has 0 aromatic rings. The molecule has 1 aliphatic heterocycles. The lowest BCUT2D eigenvalue weighted by Gasteiger charge is -2.39. The highest BCUT2D eigenvalue weighted by molar-refractivity contribution is 5.97. The van der Waals surface area contributed by atoms with Gasteiger partial charge in [-0.15, -0.1) is 0 Å². The van der Waals surface area contributed by atoms with Crippen molar-refractivity contribution >= 4 is 17.6 Å². The van der Waals surface area contributed by atoms with Gasteiger partial charge >= 0.3 is 0 Å². The standard InChI is InChI=1S/C15H23NO5/c1-8-6-15(2,21)7-10(14(8)20)11(17)3-9-4-12(18)16-13(19)5-9/h8-11,17,21H,3-7H2,1-2H3,(H,16,18,19)/t8-,10+,11+,15-/m0/s1. The fraction of sp³-hybridized carbons (Fsp3) is 0.800. The molecule has 0 aromatic heterocycles. The summed E-state index contributed by atoms with van der Waals surface area (Å²) in [5.41, 5.74) is -0.960. The van der Waals surface area contributed by atoms with Gasteiger partial charge < -0.3 is 10.2 Å². The van der Waals surface area contributed by atoms with Crippen LogP contribution in [-0.4, -0.2) is 39.5 Å². The Hall–Kier alpha value is -1.27. The number of nitrogens with one attached hydrogen (secondary N) is 1. The first-order chi connectivity index (χ1) is 9.68. The van der Waals surface area contributed by atoms with Crippen LogP contribution in [0.5, 0.6) is 0 Å². The van der Waals surface area contributed by atoms with E-state index < -0.39 is 17.6 Å². The van der Waals surface area contributed by atoms with Crippen LogP contribution in [0.25, 0.3) is 0 Å². The lowest BCUT2D eigenvalue weighted by molar-refractivity contribution is -0.143. The summed E-state index contributed by atoms with van der Waals surface area (Å²) in [5.74, 6) is -1.86. The summed E-state index contributed by atoms with van der Waals surface area (Å²) in [6.07, 6.45) is 0.322. The van der Waals surface area contributed by atoms with Crippen LogP contribution in [0.15, 0.2) is 0 Å². The van der Waals surface area contributed by atoms with E-state index in [1.165, 1.54) is 0 Å². The minimum absolute atomic E-state index is 0.0411. The summed E-state index contributed by atoms with van der Waals surface area (Å²) in [7, 11) is 0. The second-order valence-electron chi connectivity index (χ2n) is 6.86. The van der Waals surface area contributed by atoms with Gasteiger partial charge in [0.15, 0.2) is 0 Å². The summed E-state index contributed by atoms with van der Waals surface area (Å²) >= 11 is 0. The Bertz CT molecular complexity index is 443. The maximum absolute atomic E-state index is 12.2. The van der Waals surface area contributed by atoms with Gasteiger partial charge in [0.25, 0.3) is 0 Å². The van der Waals surface area contributed by atoms with Gasteiger partial charge in [-0.3, -0.25) is 19.7 Å². The van der Waals surface area contributed by atoms with Crippen LogP contribution in [0, 0.1) is 17.8 Å². The molecule has 0 spiro atoms. The molecule has 0 unspecified atom stereocenters. The van der Waals surface area contributed by atoms with Crippen LogP contribution in [0.3, 0.4) is 0 Å². The van der Waals surface area contributed by atoms with Crippen molar-refractivity contribution in [1.29, 1.82) is 0 Å². The van der Waals surface area contributed by atoms with Crippen LogP contribution in [0.1, 0.15) is 46.0 Å². The molecule has 1 saturated heterocycles. The fourth-order valence-electron chi connectivity index (χ4n) is 3.64. The average Bonchev–Trinajstić information content (AvgIpc) is 2.31. The summed E-state index contributed by atoms with van der Waals surface area (Å²) in [6.45, 7) is 3.43. The number of ketones is 1. The lowest BCUT2D eigenvalue weighted by atomic mass is 9.69. The molecule has 118 valence electrons. The number of aliphatic hydroxyl groups excluding tert-OH is 1. The lowest BCUT2D eigenvalue weighted by Crippen LogP contribution is -2.47. The van der Waals surface area contributed by atoms with Gasteiger partial charge in [-0.25, -0.2) is 0 Å². The maximum Gasteiger partial charge on any atom is 0.226 e. The average molecular weight is 297 g/mol. The van der Waals surface area contributed by atoms with Gasteiger partial charge in [0.05, 0.1) is 11.7 Å². The van der Waals surface area contributed by atoms with Gasteiger partial charge in [0.2, 0.25) is 11.8 Å². The molecule has 1 aliphatic carbocycles. The molecule has 1 saturated carbocycles. The normalized spacial score (nSPS) is 36.5. The number of amides is 2. The zero-order valence-corrected chi connectivity index (χ0v) is 12.5. The van der Waals surface area contributed by atoms with E-state index in [-0.39, 0.29) is 55.1 Å². The zero-order chi connectivity index (χ0) is 15.8. The van der Waals surface area contributed by atoms with E-state index in [0.717, 1.165) is 0 Å². The third-order valence-corrected chi connectivity index (χ3v) is 4.52. The number of hydrogen-bond acceptors (Lipinski definition) is 5. The van der Waals surface area contributed by atoms with Crippen molar-refractivity contribution < 1.29 is 24.6 Å². The third kappa shape index (κ3) is 3.89. The second kappa shape index (κ2) is 5.85. The number of imide groups is 1. The van der Waals surface area contributed by atoms with Gasteiger partial charge in [0.1, 0.15) is 5.78 Å². The largest absolute Gasteiger partial charge is 0.392 e. The van der Waals surface area contributed by atoms with E-state index in [0.29, 0.717) is 6.42 Å². The highest BCUT2D eigenvalue weighted by Gasteiger charge is 2.43. The molecule has 2 aliphatic rings. The van der Waals surface area contributed by atoms with Crippen molar-refractivity contribution in [3.05, 3.63) is 0 Å². The molecule has 1 heterocycles. The van der Waals surface area contributed by atoms with Crippen LogP contribution in [0.4, 0.5) is 0 Å². The maximum atomic E-state index is 12.2. The van der Waals surface area contributed by atoms with E-state index in [4.69, 9.17) is 0 Å². The van der Waals surface area contributed by atoms with Crippen molar-refractivity contribution in [1.82, 2.24) is 5.32 Å². The van der Waals surface area contributed by atoms with Gasteiger partial charge in [0, 0.05) is 24.7 Å². The molecule has 0 radical (unpaired) electrons. The Labute approximate surface area is 123 Å². The Morgan fingerprint density at radius 2 is 1.81 bits per heavy atom. The summed E-state index contributed by atoms with van der Waals surface area (Å²) in [4.78, 5) is 34.9. The zero-order valence-electron chi connectivity index (χ0n) is 12.5. The summed E-state index contributed by atoms with van der Waals surface area (Å²) in [5, 5.41) is 22.8. The number of aliphatic hydroxyl groups is 2. The van der Waals surface area contributed by atoms with E-state index in [9.17, 15) is 24.6 Å². The molecule has 2 fully saturated rings. The number of rotatable bonds is 3. The number of hydrogen-bond donors (Lipinski definition) is 3. The van der Waals surface area contributed by atoms with Crippen molar-refractivity contribution in [3.63, 3.8) is 0 Å². The van der Waals surface area contributed by atoms with Crippen LogP contribution in [-0.2, 0) is 14.4 Å². The molecular formula is C15H23NO5. The first kappa shape index (κ1) is 16.1. The third-order valence-electron chi connectivity index (χ3n) is 4.52.